The number of pyridine rings is 1. The number of ether oxygens (including phenoxy) is 1. The normalized spacial score (nSPS) is 10.6. The standard InChI is InChI=1S/C9H10F2N2O3/c1-16-9(15)4-2-6(14)13-5(3-12)7(4)8(10)11/h2,8H,3,12H2,1H3,(H,13,14). The fourth-order valence-electron chi connectivity index (χ4n) is 1.31. The predicted molar refractivity (Wildman–Crippen MR) is 51.3 cm³/mol. The van der Waals surface area contributed by atoms with Gasteiger partial charge in [-0.1, -0.05) is 0 Å². The Morgan fingerprint density at radius 2 is 2.25 bits per heavy atom. The number of carbonyl (C=O) groups is 1. The number of hydrogen-bond acceptors (Lipinski definition) is 4. The highest BCUT2D eigenvalue weighted by Gasteiger charge is 2.23. The number of hydrogen-bond donors (Lipinski definition) is 2. The molecule has 1 heterocycles. The van der Waals surface area contributed by atoms with Crippen LogP contribution in [-0.4, -0.2) is 18.1 Å². The molecule has 88 valence electrons. The van der Waals surface area contributed by atoms with Gasteiger partial charge in [-0.25, -0.2) is 13.6 Å². The van der Waals surface area contributed by atoms with Crippen LogP contribution in [-0.2, 0) is 11.3 Å². The summed E-state index contributed by atoms with van der Waals surface area (Å²) < 4.78 is 29.8. The number of esters is 1. The average molecular weight is 232 g/mol. The van der Waals surface area contributed by atoms with E-state index in [1.54, 1.807) is 0 Å². The molecule has 0 saturated heterocycles. The average Bonchev–Trinajstić information content (AvgIpc) is 2.26. The van der Waals surface area contributed by atoms with Gasteiger partial charge in [0.25, 0.3) is 6.43 Å². The lowest BCUT2D eigenvalue weighted by atomic mass is 10.1. The summed E-state index contributed by atoms with van der Waals surface area (Å²) in [5.41, 5.74) is 3.33. The first-order chi connectivity index (χ1) is 7.51. The largest absolute Gasteiger partial charge is 0.465 e. The summed E-state index contributed by atoms with van der Waals surface area (Å²) in [6.07, 6.45) is -2.91. The summed E-state index contributed by atoms with van der Waals surface area (Å²) in [7, 11) is 1.04. The molecular formula is C9H10F2N2O3. The molecule has 16 heavy (non-hydrogen) atoms. The molecule has 3 N–H and O–H groups in total. The molecule has 1 aromatic heterocycles. The summed E-state index contributed by atoms with van der Waals surface area (Å²) in [5.74, 6) is -0.990. The molecular weight excluding hydrogens is 222 g/mol. The van der Waals surface area contributed by atoms with Crippen LogP contribution in [0.2, 0.25) is 0 Å². The Bertz CT molecular complexity index is 457. The minimum atomic E-state index is -2.91. The number of methoxy groups -OCH3 is 1. The van der Waals surface area contributed by atoms with Crippen molar-refractivity contribution in [1.29, 1.82) is 0 Å². The highest BCUT2D eigenvalue weighted by atomic mass is 19.3. The molecule has 0 aliphatic carbocycles. The van der Waals surface area contributed by atoms with Crippen LogP contribution >= 0.6 is 0 Å². The first-order valence-corrected chi connectivity index (χ1v) is 4.33. The van der Waals surface area contributed by atoms with E-state index < -0.39 is 29.1 Å². The van der Waals surface area contributed by atoms with Crippen LogP contribution < -0.4 is 11.3 Å². The minimum Gasteiger partial charge on any atom is -0.465 e. The van der Waals surface area contributed by atoms with E-state index in [1.165, 1.54) is 0 Å². The molecule has 5 nitrogen and oxygen atoms in total. The molecule has 7 heteroatoms. The number of aromatic nitrogens is 1. The molecule has 0 aliphatic rings. The number of alkyl halides is 2. The summed E-state index contributed by atoms with van der Waals surface area (Å²) >= 11 is 0. The van der Waals surface area contributed by atoms with Crippen molar-refractivity contribution < 1.29 is 18.3 Å². The van der Waals surface area contributed by atoms with Gasteiger partial charge in [0.1, 0.15) is 0 Å². The number of carbonyl (C=O) groups excluding carboxylic acids is 1. The fraction of sp³-hybridized carbons (Fsp3) is 0.333. The maximum absolute atomic E-state index is 12.7. The van der Waals surface area contributed by atoms with E-state index in [0.29, 0.717) is 0 Å². The Kier molecular flexibility index (Phi) is 3.73. The number of aromatic amines is 1. The predicted octanol–water partition coefficient (Wildman–Crippen LogP) is 0.558. The quantitative estimate of drug-likeness (QED) is 0.745. The maximum atomic E-state index is 12.7. The van der Waals surface area contributed by atoms with Gasteiger partial charge in [-0.3, -0.25) is 4.79 Å². The lowest BCUT2D eigenvalue weighted by molar-refractivity contribution is 0.0588. The fourth-order valence-corrected chi connectivity index (χ4v) is 1.31. The third-order valence-electron chi connectivity index (χ3n) is 1.99. The zero-order valence-corrected chi connectivity index (χ0v) is 8.42. The van der Waals surface area contributed by atoms with E-state index in [9.17, 15) is 18.4 Å². The molecule has 0 amide bonds. The first-order valence-electron chi connectivity index (χ1n) is 4.33. The molecule has 0 atom stereocenters. The van der Waals surface area contributed by atoms with E-state index in [0.717, 1.165) is 13.2 Å². The molecule has 0 spiro atoms. The van der Waals surface area contributed by atoms with Gasteiger partial charge in [0.05, 0.1) is 18.2 Å². The topological polar surface area (TPSA) is 85.2 Å². The molecule has 0 radical (unpaired) electrons. The van der Waals surface area contributed by atoms with Gasteiger partial charge in [-0.15, -0.1) is 0 Å². The maximum Gasteiger partial charge on any atom is 0.338 e. The van der Waals surface area contributed by atoms with Crippen LogP contribution in [0.25, 0.3) is 0 Å². The van der Waals surface area contributed by atoms with Crippen molar-refractivity contribution >= 4 is 5.97 Å². The molecule has 0 bridgehead atoms. The minimum absolute atomic E-state index is 0.164. The van der Waals surface area contributed by atoms with Crippen LogP contribution in [0, 0.1) is 0 Å². The Hall–Kier alpha value is -1.76. The Labute approximate surface area is 89.2 Å². The number of rotatable bonds is 3. The summed E-state index contributed by atoms with van der Waals surface area (Å²) in [4.78, 5) is 24.5. The summed E-state index contributed by atoms with van der Waals surface area (Å²) in [6, 6.07) is 0.770. The van der Waals surface area contributed by atoms with Crippen LogP contribution in [0.15, 0.2) is 10.9 Å². The molecule has 0 fully saturated rings. The Morgan fingerprint density at radius 3 is 2.69 bits per heavy atom. The van der Waals surface area contributed by atoms with Crippen LogP contribution in [0.5, 0.6) is 0 Å². The van der Waals surface area contributed by atoms with Gasteiger partial charge in [0.2, 0.25) is 5.56 Å². The number of halogens is 2. The Morgan fingerprint density at radius 1 is 1.62 bits per heavy atom. The smallest absolute Gasteiger partial charge is 0.338 e. The highest BCUT2D eigenvalue weighted by molar-refractivity contribution is 5.91. The van der Waals surface area contributed by atoms with Crippen molar-refractivity contribution in [3.8, 4) is 0 Å². The van der Waals surface area contributed by atoms with Crippen LogP contribution in [0.4, 0.5) is 8.78 Å². The Balaban J connectivity index is 3.50. The van der Waals surface area contributed by atoms with Gasteiger partial charge in [-0.05, 0) is 0 Å². The summed E-state index contributed by atoms with van der Waals surface area (Å²) in [5, 5.41) is 0. The van der Waals surface area contributed by atoms with E-state index in [-0.39, 0.29) is 12.2 Å². The van der Waals surface area contributed by atoms with Crippen LogP contribution in [0.1, 0.15) is 28.0 Å². The zero-order chi connectivity index (χ0) is 12.3. The molecule has 0 aromatic carbocycles. The van der Waals surface area contributed by atoms with Gasteiger partial charge in [-0.2, -0.15) is 0 Å². The first kappa shape index (κ1) is 12.3. The van der Waals surface area contributed by atoms with Gasteiger partial charge in [0.15, 0.2) is 0 Å². The second kappa shape index (κ2) is 4.84. The molecule has 1 aromatic rings. The molecule has 0 aliphatic heterocycles. The summed E-state index contributed by atoms with van der Waals surface area (Å²) in [6.45, 7) is -0.292. The van der Waals surface area contributed by atoms with E-state index in [4.69, 9.17) is 5.73 Å². The third-order valence-corrected chi connectivity index (χ3v) is 1.99. The van der Waals surface area contributed by atoms with E-state index in [2.05, 4.69) is 9.72 Å². The SMILES string of the molecule is COC(=O)c1cc(=O)[nH]c(CN)c1C(F)F. The van der Waals surface area contributed by atoms with Crippen molar-refractivity contribution in [3.63, 3.8) is 0 Å². The van der Waals surface area contributed by atoms with E-state index >= 15 is 0 Å². The highest BCUT2D eigenvalue weighted by Crippen LogP contribution is 2.24. The lowest BCUT2D eigenvalue weighted by Crippen LogP contribution is -2.20. The van der Waals surface area contributed by atoms with Crippen molar-refractivity contribution in [2.45, 2.75) is 13.0 Å². The van der Waals surface area contributed by atoms with Crippen LogP contribution in [0.3, 0.4) is 0 Å². The third kappa shape index (κ3) is 2.25. The molecule has 1 rings (SSSR count). The van der Waals surface area contributed by atoms with Crippen molar-refractivity contribution in [1.82, 2.24) is 4.98 Å². The number of nitrogens with one attached hydrogen (secondary N) is 1. The van der Waals surface area contributed by atoms with Gasteiger partial charge in [0, 0.05) is 18.3 Å². The molecule has 0 unspecified atom stereocenters. The van der Waals surface area contributed by atoms with Crippen molar-refractivity contribution in [2.75, 3.05) is 7.11 Å². The van der Waals surface area contributed by atoms with E-state index in [1.807, 2.05) is 0 Å². The zero-order valence-electron chi connectivity index (χ0n) is 8.42. The number of nitrogens with two attached hydrogens (primary N) is 1. The second-order valence-corrected chi connectivity index (χ2v) is 2.94. The van der Waals surface area contributed by atoms with Crippen molar-refractivity contribution in [2.24, 2.45) is 5.73 Å². The van der Waals surface area contributed by atoms with Crippen molar-refractivity contribution in [3.05, 3.63) is 33.2 Å². The molecule has 0 saturated carbocycles. The second-order valence-electron chi connectivity index (χ2n) is 2.94. The van der Waals surface area contributed by atoms with Gasteiger partial charge >= 0.3 is 5.97 Å². The van der Waals surface area contributed by atoms with Gasteiger partial charge < -0.3 is 15.5 Å². The lowest BCUT2D eigenvalue weighted by Gasteiger charge is -2.10. The number of H-pyrrole nitrogens is 1. The monoisotopic (exact) mass is 232 g/mol.